The maximum atomic E-state index is 12.5. The molecule has 1 aromatic heterocycles. The molecule has 0 spiro atoms. The van der Waals surface area contributed by atoms with Crippen LogP contribution in [-0.2, 0) is 17.8 Å². The number of rotatable bonds is 5. The molecular formula is C17H18F3N5O3. The number of nitrogens with zero attached hydrogens (tertiary/aromatic N) is 3. The molecule has 1 aliphatic rings. The summed E-state index contributed by atoms with van der Waals surface area (Å²) in [5.41, 5.74) is 1.64. The van der Waals surface area contributed by atoms with E-state index in [1.54, 1.807) is 24.3 Å². The molecule has 150 valence electrons. The second-order valence-corrected chi connectivity index (χ2v) is 6.23. The van der Waals surface area contributed by atoms with E-state index in [2.05, 4.69) is 15.7 Å². The maximum Gasteiger partial charge on any atom is 0.410 e. The van der Waals surface area contributed by atoms with Crippen LogP contribution >= 0.6 is 0 Å². The zero-order chi connectivity index (χ0) is 20.3. The highest BCUT2D eigenvalue weighted by Crippen LogP contribution is 2.22. The number of cyclic esters (lactones) is 1. The Morgan fingerprint density at radius 3 is 2.79 bits per heavy atom. The van der Waals surface area contributed by atoms with E-state index in [0.717, 1.165) is 16.4 Å². The minimum atomic E-state index is -4.40. The van der Waals surface area contributed by atoms with E-state index in [4.69, 9.17) is 4.74 Å². The Balaban J connectivity index is 1.61. The van der Waals surface area contributed by atoms with Crippen molar-refractivity contribution < 1.29 is 27.5 Å². The molecule has 2 heterocycles. The molecular weight excluding hydrogens is 379 g/mol. The predicted octanol–water partition coefficient (Wildman–Crippen LogP) is 3.35. The number of aromatic nitrogens is 2. The fraction of sp³-hybridized carbons (Fsp3) is 0.353. The van der Waals surface area contributed by atoms with Crippen LogP contribution in [0.2, 0.25) is 0 Å². The number of urea groups is 1. The van der Waals surface area contributed by atoms with Crippen molar-refractivity contribution in [1.29, 1.82) is 0 Å². The maximum absolute atomic E-state index is 12.5. The summed E-state index contributed by atoms with van der Waals surface area (Å²) in [5.74, 6) is 0. The van der Waals surface area contributed by atoms with Gasteiger partial charge in [-0.3, -0.25) is 4.68 Å². The van der Waals surface area contributed by atoms with E-state index in [0.29, 0.717) is 25.4 Å². The average molecular weight is 397 g/mol. The van der Waals surface area contributed by atoms with Gasteiger partial charge in [0.1, 0.15) is 13.2 Å². The number of ether oxygens (including phenoxy) is 1. The number of anilines is 2. The van der Waals surface area contributed by atoms with Crippen molar-refractivity contribution in [1.82, 2.24) is 14.7 Å². The third kappa shape index (κ3) is 4.93. The number of carbonyl (C=O) groups is 2. The van der Waals surface area contributed by atoms with Crippen LogP contribution in [-0.4, -0.2) is 46.1 Å². The fourth-order valence-corrected chi connectivity index (χ4v) is 2.72. The number of amides is 3. The van der Waals surface area contributed by atoms with Crippen LogP contribution in [0, 0.1) is 6.92 Å². The first kappa shape index (κ1) is 19.5. The van der Waals surface area contributed by atoms with Crippen molar-refractivity contribution in [2.24, 2.45) is 0 Å². The third-order valence-electron chi connectivity index (χ3n) is 4.08. The lowest BCUT2D eigenvalue weighted by atomic mass is 10.2. The molecule has 0 unspecified atom stereocenters. The van der Waals surface area contributed by atoms with E-state index in [1.807, 2.05) is 0 Å². The second kappa shape index (κ2) is 7.79. The van der Waals surface area contributed by atoms with Gasteiger partial charge in [0.2, 0.25) is 0 Å². The van der Waals surface area contributed by atoms with Crippen molar-refractivity contribution in [3.63, 3.8) is 0 Å². The van der Waals surface area contributed by atoms with E-state index < -0.39 is 18.8 Å². The van der Waals surface area contributed by atoms with Crippen LogP contribution < -0.4 is 10.6 Å². The van der Waals surface area contributed by atoms with Gasteiger partial charge >= 0.3 is 18.3 Å². The number of hydrogen-bond acceptors (Lipinski definition) is 4. The third-order valence-corrected chi connectivity index (χ3v) is 4.08. The predicted molar refractivity (Wildman–Crippen MR) is 93.9 cm³/mol. The van der Waals surface area contributed by atoms with Crippen molar-refractivity contribution in [2.75, 3.05) is 23.8 Å². The minimum absolute atomic E-state index is 0.178. The van der Waals surface area contributed by atoms with Gasteiger partial charge in [0.25, 0.3) is 0 Å². The highest BCUT2D eigenvalue weighted by atomic mass is 19.4. The van der Waals surface area contributed by atoms with E-state index >= 15 is 0 Å². The van der Waals surface area contributed by atoms with Crippen molar-refractivity contribution in [2.45, 2.75) is 26.2 Å². The van der Waals surface area contributed by atoms with Crippen molar-refractivity contribution in [3.8, 4) is 0 Å². The Kier molecular flexibility index (Phi) is 5.43. The summed E-state index contributed by atoms with van der Waals surface area (Å²) >= 11 is 0. The molecule has 8 nitrogen and oxygen atoms in total. The molecule has 3 amide bonds. The number of hydrogen-bond donors (Lipinski definition) is 2. The van der Waals surface area contributed by atoms with E-state index in [1.165, 1.54) is 11.8 Å². The first-order valence-electron chi connectivity index (χ1n) is 8.39. The molecule has 0 atom stereocenters. The highest BCUT2D eigenvalue weighted by molar-refractivity contribution is 6.00. The van der Waals surface area contributed by atoms with Crippen molar-refractivity contribution >= 4 is 23.5 Å². The lowest BCUT2D eigenvalue weighted by Crippen LogP contribution is -2.24. The standard InChI is InChI=1S/C17H18F3N5O3/c1-11-14(8-21-25(11)10-17(18,19)20)23-15(26)22-13-4-2-3-12(7-13)9-24-5-6-28-16(24)27/h2-4,7-8H,5-6,9-10H2,1H3,(H2,22,23,26). The molecule has 3 rings (SSSR count). The Labute approximate surface area is 158 Å². The summed E-state index contributed by atoms with van der Waals surface area (Å²) in [6.07, 6.45) is -3.63. The number of carbonyl (C=O) groups excluding carboxylic acids is 2. The van der Waals surface area contributed by atoms with Gasteiger partial charge < -0.3 is 20.3 Å². The lowest BCUT2D eigenvalue weighted by Gasteiger charge is -2.14. The molecule has 28 heavy (non-hydrogen) atoms. The monoisotopic (exact) mass is 397 g/mol. The van der Waals surface area contributed by atoms with Gasteiger partial charge in [0, 0.05) is 12.2 Å². The second-order valence-electron chi connectivity index (χ2n) is 6.23. The smallest absolute Gasteiger partial charge is 0.410 e. The van der Waals surface area contributed by atoms with Gasteiger partial charge in [-0.1, -0.05) is 12.1 Å². The molecule has 1 aromatic carbocycles. The summed E-state index contributed by atoms with van der Waals surface area (Å²) in [5, 5.41) is 8.73. The quantitative estimate of drug-likeness (QED) is 0.810. The molecule has 0 saturated carbocycles. The van der Waals surface area contributed by atoms with Gasteiger partial charge in [-0.05, 0) is 24.6 Å². The van der Waals surface area contributed by atoms with Crippen LogP contribution in [0.5, 0.6) is 0 Å². The molecule has 2 N–H and O–H groups in total. The van der Waals surface area contributed by atoms with Gasteiger partial charge in [0.05, 0.1) is 24.1 Å². The molecule has 2 aromatic rings. The molecule has 1 aliphatic heterocycles. The normalized spacial score (nSPS) is 14.1. The van der Waals surface area contributed by atoms with Gasteiger partial charge in [-0.25, -0.2) is 9.59 Å². The van der Waals surface area contributed by atoms with Crippen LogP contribution in [0.25, 0.3) is 0 Å². The summed E-state index contributed by atoms with van der Waals surface area (Å²) in [7, 11) is 0. The van der Waals surface area contributed by atoms with Gasteiger partial charge in [-0.2, -0.15) is 18.3 Å². The molecule has 0 radical (unpaired) electrons. The Morgan fingerprint density at radius 1 is 1.32 bits per heavy atom. The van der Waals surface area contributed by atoms with Crippen LogP contribution in [0.1, 0.15) is 11.3 Å². The first-order chi connectivity index (χ1) is 13.2. The Morgan fingerprint density at radius 2 is 2.11 bits per heavy atom. The van der Waals surface area contributed by atoms with Crippen molar-refractivity contribution in [3.05, 3.63) is 41.7 Å². The zero-order valence-electron chi connectivity index (χ0n) is 14.9. The van der Waals surface area contributed by atoms with Gasteiger partial charge in [0.15, 0.2) is 0 Å². The number of halogens is 3. The summed E-state index contributed by atoms with van der Waals surface area (Å²) in [6.45, 7) is 1.39. The van der Waals surface area contributed by atoms with Crippen LogP contribution in [0.15, 0.2) is 30.5 Å². The molecule has 1 saturated heterocycles. The Hall–Kier alpha value is -3.24. The summed E-state index contributed by atoms with van der Waals surface area (Å²) in [4.78, 5) is 25.2. The fourth-order valence-electron chi connectivity index (χ4n) is 2.72. The number of nitrogens with one attached hydrogen (secondary N) is 2. The minimum Gasteiger partial charge on any atom is -0.448 e. The van der Waals surface area contributed by atoms with E-state index in [9.17, 15) is 22.8 Å². The van der Waals surface area contributed by atoms with Crippen LogP contribution in [0.3, 0.4) is 0 Å². The highest BCUT2D eigenvalue weighted by Gasteiger charge is 2.29. The number of benzene rings is 1. The SMILES string of the molecule is Cc1c(NC(=O)Nc2cccc(CN3CCOC3=O)c2)cnn1CC(F)(F)F. The van der Waals surface area contributed by atoms with Gasteiger partial charge in [-0.15, -0.1) is 0 Å². The topological polar surface area (TPSA) is 88.5 Å². The summed E-state index contributed by atoms with van der Waals surface area (Å²) < 4.78 is 43.1. The van der Waals surface area contributed by atoms with Crippen LogP contribution in [0.4, 0.5) is 34.1 Å². The number of alkyl halides is 3. The van der Waals surface area contributed by atoms with E-state index in [-0.39, 0.29) is 17.5 Å². The Bertz CT molecular complexity index is 881. The largest absolute Gasteiger partial charge is 0.448 e. The zero-order valence-corrected chi connectivity index (χ0v) is 14.9. The summed E-state index contributed by atoms with van der Waals surface area (Å²) in [6, 6.07) is 6.27. The lowest BCUT2D eigenvalue weighted by molar-refractivity contribution is -0.142. The molecule has 1 fully saturated rings. The molecule has 0 bridgehead atoms. The molecule has 0 aliphatic carbocycles. The first-order valence-corrected chi connectivity index (χ1v) is 8.39. The average Bonchev–Trinajstić information content (AvgIpc) is 3.14. The molecule has 11 heteroatoms.